The summed E-state index contributed by atoms with van der Waals surface area (Å²) >= 11 is 0. The molecule has 2 N–H and O–H groups in total. The summed E-state index contributed by atoms with van der Waals surface area (Å²) in [6, 6.07) is 10.6. The Labute approximate surface area is 136 Å². The summed E-state index contributed by atoms with van der Waals surface area (Å²) in [5.41, 5.74) is 4.06. The lowest BCUT2D eigenvalue weighted by Gasteiger charge is -2.23. The fourth-order valence-electron chi connectivity index (χ4n) is 1.99. The maximum atomic E-state index is 12.6. The van der Waals surface area contributed by atoms with E-state index in [1.165, 1.54) is 24.3 Å². The van der Waals surface area contributed by atoms with Crippen molar-refractivity contribution in [3.05, 3.63) is 60.2 Å². The molecule has 128 valence electrons. The van der Waals surface area contributed by atoms with E-state index in [0.717, 1.165) is 24.3 Å². The van der Waals surface area contributed by atoms with Crippen molar-refractivity contribution in [1.82, 2.24) is 0 Å². The second-order valence-corrected chi connectivity index (χ2v) is 6.70. The highest BCUT2D eigenvalue weighted by Crippen LogP contribution is 2.31. The van der Waals surface area contributed by atoms with Gasteiger partial charge in [0.05, 0.1) is 16.1 Å². The predicted molar refractivity (Wildman–Crippen MR) is 81.6 cm³/mol. The minimum Gasteiger partial charge on any atom is -0.368 e. The predicted octanol–water partition coefficient (Wildman–Crippen LogP) is 2.39. The molecule has 2 aromatic rings. The quantitative estimate of drug-likeness (QED) is 0.891. The third-order valence-corrected chi connectivity index (χ3v) is 4.90. The number of nitrogens with two attached hydrogens (primary N) is 1. The fourth-order valence-corrected chi connectivity index (χ4v) is 3.44. The summed E-state index contributed by atoms with van der Waals surface area (Å²) in [6.45, 7) is -0.692. The van der Waals surface area contributed by atoms with Crippen LogP contribution in [0.4, 0.5) is 18.9 Å². The van der Waals surface area contributed by atoms with Crippen molar-refractivity contribution >= 4 is 21.6 Å². The molecule has 0 saturated carbocycles. The van der Waals surface area contributed by atoms with Crippen molar-refractivity contribution in [2.75, 3.05) is 10.8 Å². The highest BCUT2D eigenvalue weighted by atomic mass is 32.2. The fraction of sp³-hybridized carbons (Fsp3) is 0.133. The summed E-state index contributed by atoms with van der Waals surface area (Å²) in [7, 11) is -4.15. The zero-order chi connectivity index (χ0) is 18.0. The number of halogens is 3. The molecular weight excluding hydrogens is 345 g/mol. The van der Waals surface area contributed by atoms with Gasteiger partial charge in [-0.05, 0) is 36.4 Å². The van der Waals surface area contributed by atoms with Gasteiger partial charge in [-0.15, -0.1) is 0 Å². The Morgan fingerprint density at radius 1 is 1.00 bits per heavy atom. The van der Waals surface area contributed by atoms with Crippen LogP contribution in [0, 0.1) is 0 Å². The van der Waals surface area contributed by atoms with Crippen molar-refractivity contribution in [3.8, 4) is 0 Å². The lowest BCUT2D eigenvalue weighted by Crippen LogP contribution is -2.38. The van der Waals surface area contributed by atoms with Gasteiger partial charge in [0, 0.05) is 0 Å². The van der Waals surface area contributed by atoms with Gasteiger partial charge in [-0.1, -0.05) is 18.2 Å². The smallest absolute Gasteiger partial charge is 0.368 e. The molecule has 5 nitrogen and oxygen atoms in total. The van der Waals surface area contributed by atoms with Crippen LogP contribution in [0.1, 0.15) is 5.56 Å². The third kappa shape index (κ3) is 3.85. The Morgan fingerprint density at radius 3 is 2.00 bits per heavy atom. The minimum absolute atomic E-state index is 0.0920. The maximum absolute atomic E-state index is 12.6. The Morgan fingerprint density at radius 2 is 1.54 bits per heavy atom. The molecule has 0 aromatic heterocycles. The van der Waals surface area contributed by atoms with Crippen LogP contribution in [0.5, 0.6) is 0 Å². The van der Waals surface area contributed by atoms with Gasteiger partial charge in [-0.25, -0.2) is 8.42 Å². The molecule has 0 radical (unpaired) electrons. The first-order valence-corrected chi connectivity index (χ1v) is 8.10. The second-order valence-electron chi connectivity index (χ2n) is 4.84. The van der Waals surface area contributed by atoms with Gasteiger partial charge in [-0.3, -0.25) is 9.10 Å². The van der Waals surface area contributed by atoms with Crippen LogP contribution in [0.15, 0.2) is 59.5 Å². The molecular formula is C15H13F3N2O3S. The Balaban J connectivity index is 2.48. The number of anilines is 1. The SMILES string of the molecule is NC(=O)CN(c1ccc(C(F)(F)F)cc1)S(=O)(=O)c1ccccc1. The lowest BCUT2D eigenvalue weighted by molar-refractivity contribution is -0.137. The van der Waals surface area contributed by atoms with Crippen molar-refractivity contribution in [1.29, 1.82) is 0 Å². The van der Waals surface area contributed by atoms with Crippen LogP contribution in [0.2, 0.25) is 0 Å². The van der Waals surface area contributed by atoms with Crippen LogP contribution in [0.3, 0.4) is 0 Å². The summed E-state index contributed by atoms with van der Waals surface area (Å²) < 4.78 is 63.8. The molecule has 2 rings (SSSR count). The van der Waals surface area contributed by atoms with Crippen molar-refractivity contribution in [2.24, 2.45) is 5.73 Å². The molecule has 0 aliphatic heterocycles. The van der Waals surface area contributed by atoms with Crippen molar-refractivity contribution < 1.29 is 26.4 Å². The number of hydrogen-bond donors (Lipinski definition) is 1. The third-order valence-electron chi connectivity index (χ3n) is 3.11. The topological polar surface area (TPSA) is 80.5 Å². The Hall–Kier alpha value is -2.55. The van der Waals surface area contributed by atoms with Crippen LogP contribution >= 0.6 is 0 Å². The zero-order valence-corrected chi connectivity index (χ0v) is 13.0. The number of carbonyl (C=O) groups is 1. The molecule has 24 heavy (non-hydrogen) atoms. The van der Waals surface area contributed by atoms with Crippen LogP contribution in [-0.4, -0.2) is 20.9 Å². The summed E-state index contributed by atoms with van der Waals surface area (Å²) in [5, 5.41) is 0. The minimum atomic E-state index is -4.55. The number of primary amides is 1. The van der Waals surface area contributed by atoms with Crippen molar-refractivity contribution in [2.45, 2.75) is 11.1 Å². The molecule has 1 amide bonds. The van der Waals surface area contributed by atoms with Gasteiger partial charge < -0.3 is 5.73 Å². The van der Waals surface area contributed by atoms with Crippen molar-refractivity contribution in [3.63, 3.8) is 0 Å². The number of carbonyl (C=O) groups excluding carboxylic acids is 1. The molecule has 0 heterocycles. The van der Waals surface area contributed by atoms with Crippen LogP contribution < -0.4 is 10.0 Å². The highest BCUT2D eigenvalue weighted by Gasteiger charge is 2.31. The molecule has 0 spiro atoms. The molecule has 0 bridgehead atoms. The van der Waals surface area contributed by atoms with E-state index in [0.29, 0.717) is 4.31 Å². The number of alkyl halides is 3. The standard InChI is InChI=1S/C15H13F3N2O3S/c16-15(17,18)11-6-8-12(9-7-11)20(10-14(19)21)24(22,23)13-4-2-1-3-5-13/h1-9H,10H2,(H2,19,21). The van der Waals surface area contributed by atoms with Gasteiger partial charge in [0.25, 0.3) is 10.0 Å². The normalized spacial score (nSPS) is 12.0. The van der Waals surface area contributed by atoms with E-state index in [1.54, 1.807) is 6.07 Å². The number of benzene rings is 2. The zero-order valence-electron chi connectivity index (χ0n) is 12.2. The largest absolute Gasteiger partial charge is 0.416 e. The van der Waals surface area contributed by atoms with Gasteiger partial charge in [0.2, 0.25) is 5.91 Å². The average Bonchev–Trinajstić information content (AvgIpc) is 2.52. The van der Waals surface area contributed by atoms with Gasteiger partial charge in [0.1, 0.15) is 6.54 Å². The molecule has 9 heteroatoms. The summed E-state index contributed by atoms with van der Waals surface area (Å²) in [6.07, 6.45) is -4.55. The molecule has 2 aromatic carbocycles. The molecule has 0 aliphatic rings. The Kier molecular flexibility index (Phi) is 4.83. The first-order valence-electron chi connectivity index (χ1n) is 6.66. The first-order chi connectivity index (χ1) is 11.1. The molecule has 0 unspecified atom stereocenters. The number of rotatable bonds is 5. The maximum Gasteiger partial charge on any atom is 0.416 e. The number of hydrogen-bond acceptors (Lipinski definition) is 3. The van der Waals surface area contributed by atoms with E-state index in [4.69, 9.17) is 5.73 Å². The van der Waals surface area contributed by atoms with E-state index in [-0.39, 0.29) is 10.6 Å². The van der Waals surface area contributed by atoms with E-state index in [2.05, 4.69) is 0 Å². The van der Waals surface area contributed by atoms with Gasteiger partial charge >= 0.3 is 6.18 Å². The average molecular weight is 358 g/mol. The summed E-state index contributed by atoms with van der Waals surface area (Å²) in [4.78, 5) is 11.1. The summed E-state index contributed by atoms with van der Waals surface area (Å²) in [5.74, 6) is -0.936. The lowest BCUT2D eigenvalue weighted by atomic mass is 10.2. The van der Waals surface area contributed by atoms with E-state index >= 15 is 0 Å². The first kappa shape index (κ1) is 17.8. The van der Waals surface area contributed by atoms with E-state index in [9.17, 15) is 26.4 Å². The molecule has 0 saturated heterocycles. The number of amides is 1. The highest BCUT2D eigenvalue weighted by molar-refractivity contribution is 7.92. The van der Waals surface area contributed by atoms with Gasteiger partial charge in [-0.2, -0.15) is 13.2 Å². The second kappa shape index (κ2) is 6.52. The monoisotopic (exact) mass is 358 g/mol. The van der Waals surface area contributed by atoms with E-state index < -0.39 is 34.2 Å². The van der Waals surface area contributed by atoms with Gasteiger partial charge in [0.15, 0.2) is 0 Å². The number of nitrogens with zero attached hydrogens (tertiary/aromatic N) is 1. The molecule has 0 atom stereocenters. The molecule has 0 fully saturated rings. The number of sulfonamides is 1. The molecule has 0 aliphatic carbocycles. The Bertz CT molecular complexity index is 819. The van der Waals surface area contributed by atoms with E-state index in [1.807, 2.05) is 0 Å². The van der Waals surface area contributed by atoms with Crippen LogP contribution in [0.25, 0.3) is 0 Å². The van der Waals surface area contributed by atoms with Crippen LogP contribution in [-0.2, 0) is 21.0 Å².